The van der Waals surface area contributed by atoms with E-state index in [0.29, 0.717) is 17.0 Å². The molecule has 102 valence electrons. The van der Waals surface area contributed by atoms with Gasteiger partial charge in [-0.3, -0.25) is 4.57 Å². The van der Waals surface area contributed by atoms with Crippen molar-refractivity contribution < 1.29 is 4.42 Å². The van der Waals surface area contributed by atoms with Gasteiger partial charge in [0.15, 0.2) is 5.58 Å². The minimum absolute atomic E-state index is 0.247. The molecule has 0 bridgehead atoms. The minimum atomic E-state index is -0.247. The van der Waals surface area contributed by atoms with Crippen LogP contribution in [0.15, 0.2) is 27.4 Å². The molecule has 1 fully saturated rings. The Kier molecular flexibility index (Phi) is 3.52. The van der Waals surface area contributed by atoms with Crippen molar-refractivity contribution in [2.45, 2.75) is 44.0 Å². The van der Waals surface area contributed by atoms with E-state index in [2.05, 4.69) is 28.9 Å². The fourth-order valence-corrected chi connectivity index (χ4v) is 3.51. The number of nitrogens with zero attached hydrogens (tertiary/aromatic N) is 1. The number of oxazole rings is 1. The molecule has 1 aliphatic carbocycles. The number of alkyl halides is 1. The average Bonchev–Trinajstić information content (AvgIpc) is 2.63. The maximum Gasteiger partial charge on any atom is 0.419 e. The Labute approximate surface area is 120 Å². The Morgan fingerprint density at radius 2 is 2.26 bits per heavy atom. The van der Waals surface area contributed by atoms with Gasteiger partial charge in [-0.15, -0.1) is 0 Å². The summed E-state index contributed by atoms with van der Waals surface area (Å²) in [4.78, 5) is 12.2. The first-order chi connectivity index (χ1) is 9.20. The van der Waals surface area contributed by atoms with Crippen LogP contribution in [0, 0.1) is 5.92 Å². The summed E-state index contributed by atoms with van der Waals surface area (Å²) in [7, 11) is 0. The highest BCUT2D eigenvalue weighted by Crippen LogP contribution is 2.43. The lowest BCUT2D eigenvalue weighted by atomic mass is 9.81. The molecule has 1 unspecified atom stereocenters. The van der Waals surface area contributed by atoms with E-state index in [9.17, 15) is 4.79 Å². The van der Waals surface area contributed by atoms with Gasteiger partial charge in [-0.1, -0.05) is 35.3 Å². The highest BCUT2D eigenvalue weighted by atomic mass is 79.9. The SMILES string of the molecule is CCCn1c(=O)oc2cc(C(Br)C3CCC3)ccc21. The summed E-state index contributed by atoms with van der Waals surface area (Å²) in [5, 5.41) is 0. The third kappa shape index (κ3) is 2.27. The second-order valence-corrected chi connectivity index (χ2v) is 6.33. The van der Waals surface area contributed by atoms with Gasteiger partial charge < -0.3 is 4.42 Å². The molecule has 1 atom stereocenters. The molecular weight excluding hydrogens is 306 g/mol. The molecule has 2 aromatic rings. The molecule has 3 nitrogen and oxygen atoms in total. The summed E-state index contributed by atoms with van der Waals surface area (Å²) in [5.41, 5.74) is 2.83. The average molecular weight is 324 g/mol. The van der Waals surface area contributed by atoms with Crippen molar-refractivity contribution in [1.29, 1.82) is 0 Å². The minimum Gasteiger partial charge on any atom is -0.408 e. The van der Waals surface area contributed by atoms with Gasteiger partial charge in [0.1, 0.15) is 0 Å². The van der Waals surface area contributed by atoms with E-state index in [1.807, 2.05) is 12.1 Å². The maximum atomic E-state index is 11.8. The van der Waals surface area contributed by atoms with Crippen molar-refractivity contribution in [3.63, 3.8) is 0 Å². The predicted molar refractivity (Wildman–Crippen MR) is 79.8 cm³/mol. The molecule has 1 heterocycles. The third-order valence-electron chi connectivity index (χ3n) is 4.02. The standard InChI is InChI=1S/C15H18BrNO2/c1-2-8-17-12-7-6-11(9-13(12)19-15(17)18)14(16)10-4-3-5-10/h6-7,9-10,14H,2-5,8H2,1H3. The molecule has 0 N–H and O–H groups in total. The Morgan fingerprint density at radius 1 is 1.47 bits per heavy atom. The molecule has 0 radical (unpaired) electrons. The monoisotopic (exact) mass is 323 g/mol. The summed E-state index contributed by atoms with van der Waals surface area (Å²) in [6.45, 7) is 2.77. The van der Waals surface area contributed by atoms with Crippen LogP contribution in [0.5, 0.6) is 0 Å². The predicted octanol–water partition coefficient (Wildman–Crippen LogP) is 4.24. The Hall–Kier alpha value is -1.03. The van der Waals surface area contributed by atoms with Gasteiger partial charge in [-0.25, -0.2) is 4.79 Å². The van der Waals surface area contributed by atoms with Gasteiger partial charge in [0.05, 0.1) is 5.52 Å². The van der Waals surface area contributed by atoms with E-state index in [-0.39, 0.29) is 5.76 Å². The molecule has 0 saturated heterocycles. The lowest BCUT2D eigenvalue weighted by molar-refractivity contribution is 0.312. The summed E-state index contributed by atoms with van der Waals surface area (Å²) < 4.78 is 7.07. The smallest absolute Gasteiger partial charge is 0.408 e. The van der Waals surface area contributed by atoms with Crippen LogP contribution in [-0.4, -0.2) is 4.57 Å². The molecular formula is C15H18BrNO2. The van der Waals surface area contributed by atoms with Crippen LogP contribution in [-0.2, 0) is 6.54 Å². The van der Waals surface area contributed by atoms with Gasteiger partial charge in [0, 0.05) is 11.4 Å². The Bertz CT molecular complexity index is 639. The molecule has 0 amide bonds. The van der Waals surface area contributed by atoms with Crippen molar-refractivity contribution >= 4 is 27.0 Å². The number of aryl methyl sites for hydroxylation is 1. The van der Waals surface area contributed by atoms with Crippen LogP contribution in [0.4, 0.5) is 0 Å². The molecule has 1 aromatic carbocycles. The zero-order valence-electron chi connectivity index (χ0n) is 11.1. The normalized spacial score (nSPS) is 17.6. The summed E-state index contributed by atoms with van der Waals surface area (Å²) in [6.07, 6.45) is 4.83. The van der Waals surface area contributed by atoms with E-state index >= 15 is 0 Å². The number of hydrogen-bond donors (Lipinski definition) is 0. The fourth-order valence-electron chi connectivity index (χ4n) is 2.69. The second kappa shape index (κ2) is 5.16. The van der Waals surface area contributed by atoms with Crippen LogP contribution in [0.1, 0.15) is 43.0 Å². The molecule has 1 aromatic heterocycles. The van der Waals surface area contributed by atoms with Gasteiger partial charge in [0.2, 0.25) is 0 Å². The van der Waals surface area contributed by atoms with Crippen molar-refractivity contribution in [1.82, 2.24) is 4.57 Å². The van der Waals surface area contributed by atoms with Crippen LogP contribution in [0.3, 0.4) is 0 Å². The largest absolute Gasteiger partial charge is 0.419 e. The highest BCUT2D eigenvalue weighted by Gasteiger charge is 2.26. The number of rotatable bonds is 4. The van der Waals surface area contributed by atoms with Crippen LogP contribution < -0.4 is 5.76 Å². The van der Waals surface area contributed by atoms with Gasteiger partial charge >= 0.3 is 5.76 Å². The van der Waals surface area contributed by atoms with Crippen LogP contribution in [0.25, 0.3) is 11.1 Å². The van der Waals surface area contributed by atoms with Gasteiger partial charge in [-0.2, -0.15) is 0 Å². The number of hydrogen-bond acceptors (Lipinski definition) is 2. The summed E-state index contributed by atoms with van der Waals surface area (Å²) >= 11 is 3.78. The number of benzene rings is 1. The molecule has 0 spiro atoms. The lowest BCUT2D eigenvalue weighted by Gasteiger charge is -2.30. The van der Waals surface area contributed by atoms with Crippen molar-refractivity contribution in [3.8, 4) is 0 Å². The van der Waals surface area contributed by atoms with E-state index in [1.54, 1.807) is 4.57 Å². The van der Waals surface area contributed by atoms with Crippen LogP contribution in [0.2, 0.25) is 0 Å². The first-order valence-electron chi connectivity index (χ1n) is 6.98. The molecule has 4 heteroatoms. The van der Waals surface area contributed by atoms with Gasteiger partial charge in [-0.05, 0) is 42.9 Å². The Morgan fingerprint density at radius 3 is 2.89 bits per heavy atom. The summed E-state index contributed by atoms with van der Waals surface area (Å²) in [6, 6.07) is 6.14. The number of fused-ring (bicyclic) bond motifs is 1. The van der Waals surface area contributed by atoms with E-state index < -0.39 is 0 Å². The first-order valence-corrected chi connectivity index (χ1v) is 7.89. The molecule has 3 rings (SSSR count). The van der Waals surface area contributed by atoms with Crippen molar-refractivity contribution in [2.75, 3.05) is 0 Å². The molecule has 1 aliphatic rings. The topological polar surface area (TPSA) is 35.1 Å². The zero-order valence-corrected chi connectivity index (χ0v) is 12.6. The fraction of sp³-hybridized carbons (Fsp3) is 0.533. The van der Waals surface area contributed by atoms with Crippen molar-refractivity contribution in [2.24, 2.45) is 5.92 Å². The number of halogens is 1. The van der Waals surface area contributed by atoms with E-state index in [4.69, 9.17) is 4.42 Å². The first kappa shape index (κ1) is 13.0. The molecule has 0 aliphatic heterocycles. The second-order valence-electron chi connectivity index (χ2n) is 5.34. The van der Waals surface area contributed by atoms with Crippen molar-refractivity contribution in [3.05, 3.63) is 34.3 Å². The number of aromatic nitrogens is 1. The molecule has 1 saturated carbocycles. The Balaban J connectivity index is 1.99. The van der Waals surface area contributed by atoms with E-state index in [1.165, 1.54) is 24.8 Å². The zero-order chi connectivity index (χ0) is 13.4. The lowest BCUT2D eigenvalue weighted by Crippen LogP contribution is -2.16. The highest BCUT2D eigenvalue weighted by molar-refractivity contribution is 9.09. The quantitative estimate of drug-likeness (QED) is 0.789. The maximum absolute atomic E-state index is 11.8. The third-order valence-corrected chi connectivity index (χ3v) is 5.30. The van der Waals surface area contributed by atoms with Crippen LogP contribution >= 0.6 is 15.9 Å². The molecule has 19 heavy (non-hydrogen) atoms. The van der Waals surface area contributed by atoms with E-state index in [0.717, 1.165) is 17.9 Å². The summed E-state index contributed by atoms with van der Waals surface area (Å²) in [5.74, 6) is 0.477. The van der Waals surface area contributed by atoms with Gasteiger partial charge in [0.25, 0.3) is 0 Å².